The fourth-order valence-electron chi connectivity index (χ4n) is 4.10. The number of fused-ring (bicyclic) bond motifs is 1. The quantitative estimate of drug-likeness (QED) is 0.687. The summed E-state index contributed by atoms with van der Waals surface area (Å²) in [6.07, 6.45) is 0.886. The van der Waals surface area contributed by atoms with E-state index in [0.29, 0.717) is 29.7 Å². The lowest BCUT2D eigenvalue weighted by molar-refractivity contribution is -0.136. The summed E-state index contributed by atoms with van der Waals surface area (Å²) in [6, 6.07) is 14.1. The molecule has 2 N–H and O–H groups in total. The maximum Gasteiger partial charge on any atom is 0.338 e. The molecule has 9 heteroatoms. The Morgan fingerprint density at radius 1 is 1.13 bits per heavy atom. The van der Waals surface area contributed by atoms with Crippen molar-refractivity contribution < 1.29 is 14.3 Å². The Balaban J connectivity index is 1.37. The summed E-state index contributed by atoms with van der Waals surface area (Å²) < 4.78 is 5.49. The van der Waals surface area contributed by atoms with E-state index in [2.05, 4.69) is 22.8 Å². The van der Waals surface area contributed by atoms with Crippen molar-refractivity contribution in [3.05, 3.63) is 64.1 Å². The molecule has 3 fully saturated rings. The number of amidine groups is 1. The average molecular weight is 459 g/mol. The molecular weight excluding hydrogens is 439 g/mol. The third-order valence-electron chi connectivity index (χ3n) is 5.80. The number of halogens is 2. The Morgan fingerprint density at radius 3 is 2.74 bits per heavy atom. The van der Waals surface area contributed by atoms with Gasteiger partial charge in [-0.3, -0.25) is 9.69 Å². The zero-order valence-corrected chi connectivity index (χ0v) is 17.9. The topological polar surface area (TPSA) is 83.0 Å². The van der Waals surface area contributed by atoms with Crippen LogP contribution in [0.4, 0.5) is 5.69 Å². The molecule has 1 saturated carbocycles. The lowest BCUT2D eigenvalue weighted by Crippen LogP contribution is -2.61. The first-order valence-electron chi connectivity index (χ1n) is 10.1. The molecule has 0 bridgehead atoms. The second-order valence-corrected chi connectivity index (χ2v) is 8.63. The molecule has 160 valence electrons. The van der Waals surface area contributed by atoms with Crippen LogP contribution in [0.15, 0.2) is 53.5 Å². The minimum Gasteiger partial charge on any atom is -0.391 e. The van der Waals surface area contributed by atoms with Crippen molar-refractivity contribution in [2.75, 3.05) is 18.4 Å². The van der Waals surface area contributed by atoms with E-state index in [1.807, 2.05) is 18.2 Å². The Bertz CT molecular complexity index is 1060. The van der Waals surface area contributed by atoms with Crippen molar-refractivity contribution >= 4 is 46.8 Å². The summed E-state index contributed by atoms with van der Waals surface area (Å²) in [5.41, 5.74) is 1.63. The summed E-state index contributed by atoms with van der Waals surface area (Å²) in [6.45, 7) is 0.745. The number of carbonyl (C=O) groups is 2. The van der Waals surface area contributed by atoms with Gasteiger partial charge >= 0.3 is 5.97 Å². The molecule has 4 atom stereocenters. The minimum absolute atomic E-state index is 0.0323. The van der Waals surface area contributed by atoms with Crippen LogP contribution in [-0.4, -0.2) is 54.0 Å². The van der Waals surface area contributed by atoms with Gasteiger partial charge in [0.05, 0.1) is 21.8 Å². The van der Waals surface area contributed by atoms with E-state index in [1.165, 1.54) is 5.56 Å². The van der Waals surface area contributed by atoms with Crippen molar-refractivity contribution in [1.82, 2.24) is 10.2 Å². The van der Waals surface area contributed by atoms with Gasteiger partial charge in [0.2, 0.25) is 5.91 Å². The molecule has 3 aliphatic rings. The highest BCUT2D eigenvalue weighted by Gasteiger charge is 2.49. The number of piperazine rings is 1. The average Bonchev–Trinajstić information content (AvgIpc) is 3.48. The molecule has 1 amide bonds. The van der Waals surface area contributed by atoms with Crippen LogP contribution in [0.1, 0.15) is 17.9 Å². The molecule has 2 aliphatic heterocycles. The summed E-state index contributed by atoms with van der Waals surface area (Å²) >= 11 is 12.3. The van der Waals surface area contributed by atoms with Gasteiger partial charge in [0, 0.05) is 19.0 Å². The maximum absolute atomic E-state index is 13.1. The van der Waals surface area contributed by atoms with E-state index in [4.69, 9.17) is 32.9 Å². The van der Waals surface area contributed by atoms with Gasteiger partial charge in [0.1, 0.15) is 12.1 Å². The van der Waals surface area contributed by atoms with Crippen molar-refractivity contribution in [2.45, 2.75) is 30.5 Å². The van der Waals surface area contributed by atoms with Gasteiger partial charge in [0.15, 0.2) is 0 Å². The lowest BCUT2D eigenvalue weighted by atomic mass is 10.1. The molecule has 2 heterocycles. The second kappa shape index (κ2) is 8.15. The molecule has 0 spiro atoms. The van der Waals surface area contributed by atoms with Crippen LogP contribution in [0.5, 0.6) is 0 Å². The number of hydrogen-bond donors (Lipinski definition) is 2. The number of esters is 1. The van der Waals surface area contributed by atoms with E-state index >= 15 is 0 Å². The highest BCUT2D eigenvalue weighted by molar-refractivity contribution is 6.44. The zero-order valence-electron chi connectivity index (χ0n) is 16.4. The highest BCUT2D eigenvalue weighted by Crippen LogP contribution is 2.44. The standard InChI is InChI=1S/C22H20Cl2N4O3/c23-14-7-4-8-15(19(14)24)26-20(29)17-10-25-11-18-21(30)31-22(28(17)18)27-16-9-13(16)12-5-2-1-3-6-12/h1-8,13,16-18,25H,9-11H2,(H,26,29)/t13-,16+,17?,18?/m1/s1. The van der Waals surface area contributed by atoms with Gasteiger partial charge in [-0.25, -0.2) is 9.79 Å². The third kappa shape index (κ3) is 3.89. The van der Waals surface area contributed by atoms with E-state index < -0.39 is 18.1 Å². The van der Waals surface area contributed by atoms with E-state index in [9.17, 15) is 9.59 Å². The highest BCUT2D eigenvalue weighted by atomic mass is 35.5. The van der Waals surface area contributed by atoms with Gasteiger partial charge in [-0.1, -0.05) is 59.6 Å². The van der Waals surface area contributed by atoms with Crippen LogP contribution in [0, 0.1) is 0 Å². The molecule has 5 rings (SSSR count). The number of benzene rings is 2. The zero-order chi connectivity index (χ0) is 21.5. The van der Waals surface area contributed by atoms with Gasteiger partial charge in [-0.15, -0.1) is 0 Å². The molecular formula is C22H20Cl2N4O3. The van der Waals surface area contributed by atoms with Gasteiger partial charge in [0.25, 0.3) is 6.02 Å². The molecule has 2 unspecified atom stereocenters. The Labute approximate surface area is 189 Å². The fraction of sp³-hybridized carbons (Fsp3) is 0.318. The van der Waals surface area contributed by atoms with E-state index in [-0.39, 0.29) is 23.0 Å². The minimum atomic E-state index is -0.673. The second-order valence-electron chi connectivity index (χ2n) is 7.84. The first kappa shape index (κ1) is 20.3. The van der Waals surface area contributed by atoms with Crippen LogP contribution in [0.25, 0.3) is 0 Å². The Hall–Kier alpha value is -2.61. The number of amides is 1. The van der Waals surface area contributed by atoms with E-state index in [0.717, 1.165) is 6.42 Å². The number of nitrogens with zero attached hydrogens (tertiary/aromatic N) is 2. The Morgan fingerprint density at radius 2 is 1.94 bits per heavy atom. The summed E-state index contributed by atoms with van der Waals surface area (Å²) in [5.74, 6) is -0.420. The summed E-state index contributed by atoms with van der Waals surface area (Å²) in [7, 11) is 0. The fourth-order valence-corrected chi connectivity index (χ4v) is 4.45. The normalized spacial score (nSPS) is 28.3. The smallest absolute Gasteiger partial charge is 0.338 e. The van der Waals surface area contributed by atoms with Crippen molar-refractivity contribution in [3.63, 3.8) is 0 Å². The molecule has 31 heavy (non-hydrogen) atoms. The largest absolute Gasteiger partial charge is 0.391 e. The number of aliphatic imine (C=N–C) groups is 1. The number of rotatable bonds is 4. The number of nitrogens with one attached hydrogen (secondary N) is 2. The molecule has 0 radical (unpaired) electrons. The van der Waals surface area contributed by atoms with E-state index in [1.54, 1.807) is 23.1 Å². The van der Waals surface area contributed by atoms with Crippen LogP contribution >= 0.6 is 23.2 Å². The molecule has 2 aromatic rings. The summed E-state index contributed by atoms with van der Waals surface area (Å²) in [5, 5.41) is 6.57. The third-order valence-corrected chi connectivity index (χ3v) is 6.62. The number of anilines is 1. The van der Waals surface area contributed by atoms with Crippen LogP contribution in [0.3, 0.4) is 0 Å². The van der Waals surface area contributed by atoms with Gasteiger partial charge in [-0.05, 0) is 24.1 Å². The molecule has 2 aromatic carbocycles. The van der Waals surface area contributed by atoms with Gasteiger partial charge < -0.3 is 15.4 Å². The predicted octanol–water partition coefficient (Wildman–Crippen LogP) is 3.04. The molecule has 1 aliphatic carbocycles. The summed E-state index contributed by atoms with van der Waals surface area (Å²) in [4.78, 5) is 31.9. The molecule has 0 aromatic heterocycles. The van der Waals surface area contributed by atoms with Crippen LogP contribution < -0.4 is 10.6 Å². The van der Waals surface area contributed by atoms with Crippen molar-refractivity contribution in [1.29, 1.82) is 0 Å². The van der Waals surface area contributed by atoms with Crippen LogP contribution in [-0.2, 0) is 14.3 Å². The lowest BCUT2D eigenvalue weighted by Gasteiger charge is -2.35. The van der Waals surface area contributed by atoms with Crippen LogP contribution in [0.2, 0.25) is 10.0 Å². The Kier molecular flexibility index (Phi) is 5.33. The number of ether oxygens (including phenoxy) is 1. The first-order valence-corrected chi connectivity index (χ1v) is 10.9. The van der Waals surface area contributed by atoms with Crippen molar-refractivity contribution in [2.24, 2.45) is 4.99 Å². The first-order chi connectivity index (χ1) is 15.0. The van der Waals surface area contributed by atoms with Gasteiger partial charge in [-0.2, -0.15) is 0 Å². The number of carbonyl (C=O) groups excluding carboxylic acids is 2. The number of cyclic esters (lactones) is 1. The van der Waals surface area contributed by atoms with Crippen molar-refractivity contribution in [3.8, 4) is 0 Å². The molecule has 2 saturated heterocycles. The monoisotopic (exact) mass is 458 g/mol. The SMILES string of the molecule is O=C(Nc1cccc(Cl)c1Cl)C1CNCC2C(=O)OC(=N[C@H]3C[C@@H]3c3ccccc3)N12. The predicted molar refractivity (Wildman–Crippen MR) is 118 cm³/mol. The number of hydrogen-bond acceptors (Lipinski definition) is 5. The molecule has 7 nitrogen and oxygen atoms in total. The maximum atomic E-state index is 13.1.